The molecule has 0 aliphatic carbocycles. The molecular formula is C24H19N3O2. The van der Waals surface area contributed by atoms with E-state index in [4.69, 9.17) is 4.42 Å². The van der Waals surface area contributed by atoms with Gasteiger partial charge in [0.2, 0.25) is 5.89 Å². The van der Waals surface area contributed by atoms with Crippen molar-refractivity contribution in [3.05, 3.63) is 90.4 Å². The number of nitrogens with zero attached hydrogens (tertiary/aromatic N) is 3. The van der Waals surface area contributed by atoms with Crippen molar-refractivity contribution in [1.29, 1.82) is 0 Å². The topological polar surface area (TPSA) is 59.2 Å². The van der Waals surface area contributed by atoms with Crippen LogP contribution < -0.4 is 4.90 Å². The number of hydrogen-bond donors (Lipinski definition) is 0. The lowest BCUT2D eigenvalue weighted by molar-refractivity contribution is 0.0981. The molecule has 0 spiro atoms. The van der Waals surface area contributed by atoms with Crippen LogP contribution in [0.5, 0.6) is 0 Å². The number of carbonyl (C=O) groups excluding carboxylic acids is 1. The predicted octanol–water partition coefficient (Wildman–Crippen LogP) is 5.00. The van der Waals surface area contributed by atoms with Gasteiger partial charge in [-0.05, 0) is 48.7 Å². The summed E-state index contributed by atoms with van der Waals surface area (Å²) in [5, 5.41) is 0. The molecule has 0 N–H and O–H groups in total. The molecule has 0 radical (unpaired) electrons. The molecule has 4 aromatic rings. The number of carbonyl (C=O) groups is 1. The minimum atomic E-state index is -0.144. The van der Waals surface area contributed by atoms with E-state index in [2.05, 4.69) is 16.0 Å². The van der Waals surface area contributed by atoms with Crippen molar-refractivity contribution < 1.29 is 9.21 Å². The number of pyridine rings is 1. The Morgan fingerprint density at radius 2 is 1.66 bits per heavy atom. The Morgan fingerprint density at radius 3 is 2.48 bits per heavy atom. The standard InChI is InChI=1S/C24H19N3O2/c28-24(27-16-6-10-17-7-4-5-11-20(17)27)21-22(18-12-14-25-15-13-18)29-23(26-21)19-8-2-1-3-9-19/h1-5,7-9,11-15H,6,10,16H2. The summed E-state index contributed by atoms with van der Waals surface area (Å²) < 4.78 is 6.10. The summed E-state index contributed by atoms with van der Waals surface area (Å²) in [6.45, 7) is 0.666. The van der Waals surface area contributed by atoms with Crippen LogP contribution in [0.2, 0.25) is 0 Å². The van der Waals surface area contributed by atoms with Crippen LogP contribution in [0.3, 0.4) is 0 Å². The SMILES string of the molecule is O=C(c1nc(-c2ccccc2)oc1-c1ccncc1)N1CCCc2ccccc21. The number of fused-ring (bicyclic) bond motifs is 1. The van der Waals surface area contributed by atoms with Gasteiger partial charge in [-0.1, -0.05) is 36.4 Å². The van der Waals surface area contributed by atoms with Crippen molar-refractivity contribution in [1.82, 2.24) is 9.97 Å². The molecule has 1 aliphatic rings. The first kappa shape index (κ1) is 17.4. The van der Waals surface area contributed by atoms with Gasteiger partial charge in [0.25, 0.3) is 5.91 Å². The Morgan fingerprint density at radius 1 is 0.897 bits per heavy atom. The minimum absolute atomic E-state index is 0.144. The van der Waals surface area contributed by atoms with E-state index in [-0.39, 0.29) is 5.91 Å². The lowest BCUT2D eigenvalue weighted by atomic mass is 10.0. The van der Waals surface area contributed by atoms with Gasteiger partial charge in [0.05, 0.1) is 0 Å². The van der Waals surface area contributed by atoms with Gasteiger partial charge in [0.1, 0.15) is 0 Å². The van der Waals surface area contributed by atoms with Crippen molar-refractivity contribution in [2.24, 2.45) is 0 Å². The lowest BCUT2D eigenvalue weighted by Gasteiger charge is -2.29. The average Bonchev–Trinajstić information content (AvgIpc) is 3.25. The highest BCUT2D eigenvalue weighted by Crippen LogP contribution is 2.33. The molecule has 0 saturated carbocycles. The first-order valence-electron chi connectivity index (χ1n) is 9.68. The third-order valence-electron chi connectivity index (χ3n) is 5.15. The molecule has 0 unspecified atom stereocenters. The largest absolute Gasteiger partial charge is 0.435 e. The van der Waals surface area contributed by atoms with Crippen LogP contribution >= 0.6 is 0 Å². The maximum absolute atomic E-state index is 13.6. The van der Waals surface area contributed by atoms with Crippen molar-refractivity contribution in [3.8, 4) is 22.8 Å². The van der Waals surface area contributed by atoms with Crippen LogP contribution in [0, 0.1) is 0 Å². The number of aromatic nitrogens is 2. The first-order valence-corrected chi connectivity index (χ1v) is 9.68. The van der Waals surface area contributed by atoms with Crippen LogP contribution in [0.15, 0.2) is 83.5 Å². The van der Waals surface area contributed by atoms with Gasteiger partial charge in [-0.3, -0.25) is 9.78 Å². The van der Waals surface area contributed by atoms with E-state index in [9.17, 15) is 4.79 Å². The Labute approximate surface area is 168 Å². The summed E-state index contributed by atoms with van der Waals surface area (Å²) in [4.78, 5) is 24.1. The molecule has 5 heteroatoms. The summed E-state index contributed by atoms with van der Waals surface area (Å²) in [5.41, 5.74) is 4.08. The third kappa shape index (κ3) is 3.21. The molecule has 5 rings (SSSR count). The fourth-order valence-corrected chi connectivity index (χ4v) is 3.74. The van der Waals surface area contributed by atoms with Gasteiger partial charge in [0, 0.05) is 35.8 Å². The molecule has 0 atom stereocenters. The van der Waals surface area contributed by atoms with Crippen molar-refractivity contribution in [2.75, 3.05) is 11.4 Å². The van der Waals surface area contributed by atoms with Gasteiger partial charge in [-0.2, -0.15) is 0 Å². The molecule has 1 aliphatic heterocycles. The first-order chi connectivity index (χ1) is 14.3. The van der Waals surface area contributed by atoms with Gasteiger partial charge >= 0.3 is 0 Å². The third-order valence-corrected chi connectivity index (χ3v) is 5.15. The maximum Gasteiger partial charge on any atom is 0.280 e. The lowest BCUT2D eigenvalue weighted by Crippen LogP contribution is -2.35. The molecule has 1 amide bonds. The Hall–Kier alpha value is -3.73. The fourth-order valence-electron chi connectivity index (χ4n) is 3.74. The zero-order chi connectivity index (χ0) is 19.6. The number of para-hydroxylation sites is 1. The molecule has 2 aromatic carbocycles. The molecule has 5 nitrogen and oxygen atoms in total. The molecule has 3 heterocycles. The van der Waals surface area contributed by atoms with Gasteiger partial charge in [-0.25, -0.2) is 4.98 Å². The molecule has 0 bridgehead atoms. The zero-order valence-corrected chi connectivity index (χ0v) is 15.8. The highest BCUT2D eigenvalue weighted by Gasteiger charge is 2.29. The van der Waals surface area contributed by atoms with E-state index in [1.54, 1.807) is 12.4 Å². The molecule has 2 aromatic heterocycles. The highest BCUT2D eigenvalue weighted by atomic mass is 16.4. The highest BCUT2D eigenvalue weighted by molar-refractivity contribution is 6.09. The van der Waals surface area contributed by atoms with E-state index in [0.717, 1.165) is 29.7 Å². The second-order valence-electron chi connectivity index (χ2n) is 6.99. The van der Waals surface area contributed by atoms with Crippen LogP contribution in [-0.2, 0) is 6.42 Å². The second-order valence-corrected chi connectivity index (χ2v) is 6.99. The zero-order valence-electron chi connectivity index (χ0n) is 15.8. The number of aryl methyl sites for hydroxylation is 1. The van der Waals surface area contributed by atoms with E-state index in [0.29, 0.717) is 23.9 Å². The number of rotatable bonds is 3. The van der Waals surface area contributed by atoms with E-state index in [1.165, 1.54) is 5.56 Å². The number of amides is 1. The number of hydrogen-bond acceptors (Lipinski definition) is 4. The molecule has 0 fully saturated rings. The van der Waals surface area contributed by atoms with Crippen LogP contribution in [-0.4, -0.2) is 22.4 Å². The van der Waals surface area contributed by atoms with Crippen molar-refractivity contribution in [3.63, 3.8) is 0 Å². The predicted molar refractivity (Wildman–Crippen MR) is 112 cm³/mol. The van der Waals surface area contributed by atoms with Gasteiger partial charge < -0.3 is 9.32 Å². The van der Waals surface area contributed by atoms with E-state index in [1.807, 2.05) is 65.6 Å². The summed E-state index contributed by atoms with van der Waals surface area (Å²) in [6.07, 6.45) is 5.27. The number of benzene rings is 2. The molecule has 29 heavy (non-hydrogen) atoms. The summed E-state index contributed by atoms with van der Waals surface area (Å²) in [6, 6.07) is 21.3. The molecule has 0 saturated heterocycles. The van der Waals surface area contributed by atoms with Crippen molar-refractivity contribution >= 4 is 11.6 Å². The molecular weight excluding hydrogens is 362 g/mol. The normalized spacial score (nSPS) is 13.2. The molecule has 142 valence electrons. The van der Waals surface area contributed by atoms with E-state index >= 15 is 0 Å². The monoisotopic (exact) mass is 381 g/mol. The Bertz CT molecular complexity index is 1150. The summed E-state index contributed by atoms with van der Waals surface area (Å²) in [7, 11) is 0. The van der Waals surface area contributed by atoms with Crippen molar-refractivity contribution in [2.45, 2.75) is 12.8 Å². The van der Waals surface area contributed by atoms with Crippen LogP contribution in [0.1, 0.15) is 22.5 Å². The maximum atomic E-state index is 13.6. The summed E-state index contributed by atoms with van der Waals surface area (Å²) in [5.74, 6) is 0.764. The van der Waals surface area contributed by atoms with Gasteiger partial charge in [0.15, 0.2) is 11.5 Å². The quantitative estimate of drug-likeness (QED) is 0.501. The van der Waals surface area contributed by atoms with Crippen LogP contribution in [0.25, 0.3) is 22.8 Å². The smallest absolute Gasteiger partial charge is 0.280 e. The average molecular weight is 381 g/mol. The Balaban J connectivity index is 1.63. The minimum Gasteiger partial charge on any atom is -0.435 e. The summed E-state index contributed by atoms with van der Waals surface area (Å²) >= 11 is 0. The van der Waals surface area contributed by atoms with Crippen LogP contribution in [0.4, 0.5) is 5.69 Å². The Kier molecular flexibility index (Phi) is 4.41. The second kappa shape index (κ2) is 7.36. The van der Waals surface area contributed by atoms with E-state index < -0.39 is 0 Å². The van der Waals surface area contributed by atoms with Gasteiger partial charge in [-0.15, -0.1) is 0 Å². The number of oxazole rings is 1. The number of anilines is 1. The fraction of sp³-hybridized carbons (Fsp3) is 0.125.